The summed E-state index contributed by atoms with van der Waals surface area (Å²) in [5.41, 5.74) is 0.933. The molecule has 0 amide bonds. The number of rotatable bonds is 4. The molecule has 0 saturated heterocycles. The Morgan fingerprint density at radius 1 is 1.43 bits per heavy atom. The molecule has 0 aromatic heterocycles. The van der Waals surface area contributed by atoms with Gasteiger partial charge in [0.2, 0.25) is 0 Å². The van der Waals surface area contributed by atoms with E-state index in [1.165, 1.54) is 0 Å². The molecule has 1 rings (SSSR count). The van der Waals surface area contributed by atoms with Crippen molar-refractivity contribution in [3.63, 3.8) is 0 Å². The van der Waals surface area contributed by atoms with Crippen LogP contribution in [-0.4, -0.2) is 19.9 Å². The first-order valence-electron chi connectivity index (χ1n) is 4.09. The first kappa shape index (κ1) is 10.1. The highest BCUT2D eigenvalue weighted by Crippen LogP contribution is 2.09. The third-order valence-corrected chi connectivity index (χ3v) is 1.54. The maximum atomic E-state index is 5.01. The van der Waals surface area contributed by atoms with Crippen LogP contribution >= 0.6 is 0 Å². The minimum absolute atomic E-state index is 0.187. The first-order chi connectivity index (χ1) is 6.86. The molecule has 0 unspecified atom stereocenters. The van der Waals surface area contributed by atoms with E-state index in [-0.39, 0.29) is 6.61 Å². The maximum absolute atomic E-state index is 5.01. The Morgan fingerprint density at radius 2 is 2.14 bits per heavy atom. The van der Waals surface area contributed by atoms with Gasteiger partial charge in [0.05, 0.1) is 13.3 Å². The van der Waals surface area contributed by atoms with Crippen LogP contribution in [0.2, 0.25) is 0 Å². The molecule has 3 heteroatoms. The second-order valence-electron chi connectivity index (χ2n) is 2.49. The fraction of sp³-hybridized carbons (Fsp3) is 0.182. The van der Waals surface area contributed by atoms with Crippen LogP contribution in [0.15, 0.2) is 29.4 Å². The molecule has 0 fully saturated rings. The second kappa shape index (κ2) is 5.65. The molecule has 0 saturated carbocycles. The summed E-state index contributed by atoms with van der Waals surface area (Å²) >= 11 is 0. The Balaban J connectivity index is 2.52. The summed E-state index contributed by atoms with van der Waals surface area (Å²) < 4.78 is 5.01. The Bertz CT molecular complexity index is 335. The summed E-state index contributed by atoms with van der Waals surface area (Å²) in [5, 5.41) is 3.68. The Kier molecular flexibility index (Phi) is 4.09. The van der Waals surface area contributed by atoms with Crippen LogP contribution in [0.4, 0.5) is 0 Å². The maximum Gasteiger partial charge on any atom is 0.177 e. The summed E-state index contributed by atoms with van der Waals surface area (Å²) in [6.45, 7) is 0.187. The number of benzene rings is 1. The van der Waals surface area contributed by atoms with Gasteiger partial charge in [-0.15, -0.1) is 6.42 Å². The van der Waals surface area contributed by atoms with E-state index in [9.17, 15) is 0 Å². The number of ether oxygens (including phenoxy) is 1. The van der Waals surface area contributed by atoms with E-state index >= 15 is 0 Å². The van der Waals surface area contributed by atoms with Crippen LogP contribution < -0.4 is 4.74 Å². The molecule has 1 aromatic rings. The molecule has 0 spiro atoms. The summed E-state index contributed by atoms with van der Waals surface area (Å²) in [5.74, 6) is 3.13. The molecule has 1 aromatic carbocycles. The van der Waals surface area contributed by atoms with E-state index in [1.54, 1.807) is 13.3 Å². The molecule has 14 heavy (non-hydrogen) atoms. The molecule has 0 aliphatic carbocycles. The average Bonchev–Trinajstić information content (AvgIpc) is 2.25. The van der Waals surface area contributed by atoms with Crippen LogP contribution in [0.25, 0.3) is 0 Å². The van der Waals surface area contributed by atoms with E-state index in [1.807, 2.05) is 24.3 Å². The Hall–Kier alpha value is -1.95. The van der Waals surface area contributed by atoms with E-state index in [4.69, 9.17) is 16.0 Å². The van der Waals surface area contributed by atoms with Crippen LogP contribution in [0.5, 0.6) is 5.75 Å². The number of oxime groups is 1. The van der Waals surface area contributed by atoms with Gasteiger partial charge in [-0.1, -0.05) is 11.1 Å². The van der Waals surface area contributed by atoms with E-state index < -0.39 is 0 Å². The van der Waals surface area contributed by atoms with Crippen molar-refractivity contribution in [3.05, 3.63) is 29.8 Å². The lowest BCUT2D eigenvalue weighted by Crippen LogP contribution is -1.86. The van der Waals surface area contributed by atoms with Crippen molar-refractivity contribution in [2.24, 2.45) is 5.16 Å². The standard InChI is InChI=1S/C11H11NO2/c1-3-8-14-12-9-10-4-6-11(13-2)7-5-10/h1,4-7,9H,8H2,2H3. The molecule has 0 radical (unpaired) electrons. The largest absolute Gasteiger partial charge is 0.497 e. The lowest BCUT2D eigenvalue weighted by molar-refractivity contribution is 0.181. The second-order valence-corrected chi connectivity index (χ2v) is 2.49. The minimum Gasteiger partial charge on any atom is -0.497 e. The number of terminal acetylenes is 1. The van der Waals surface area contributed by atoms with Crippen LogP contribution in [0, 0.1) is 12.3 Å². The smallest absolute Gasteiger partial charge is 0.177 e. The first-order valence-corrected chi connectivity index (χ1v) is 4.09. The third kappa shape index (κ3) is 3.20. The molecule has 0 aliphatic heterocycles. The topological polar surface area (TPSA) is 30.8 Å². The average molecular weight is 189 g/mol. The molecule has 0 heterocycles. The van der Waals surface area contributed by atoms with Gasteiger partial charge in [-0.05, 0) is 29.8 Å². The van der Waals surface area contributed by atoms with Crippen molar-refractivity contribution in [1.82, 2.24) is 0 Å². The summed E-state index contributed by atoms with van der Waals surface area (Å²) in [6.07, 6.45) is 6.57. The monoisotopic (exact) mass is 189 g/mol. The number of nitrogens with zero attached hydrogens (tertiary/aromatic N) is 1. The molecule has 0 atom stereocenters. The molecular weight excluding hydrogens is 178 g/mol. The zero-order chi connectivity index (χ0) is 10.2. The lowest BCUT2D eigenvalue weighted by atomic mass is 10.2. The van der Waals surface area contributed by atoms with Crippen molar-refractivity contribution >= 4 is 6.21 Å². The number of hydrogen-bond acceptors (Lipinski definition) is 3. The van der Waals surface area contributed by atoms with E-state index in [0.717, 1.165) is 11.3 Å². The summed E-state index contributed by atoms with van der Waals surface area (Å²) in [6, 6.07) is 7.45. The number of hydrogen-bond donors (Lipinski definition) is 0. The molecule has 0 aliphatic rings. The van der Waals surface area contributed by atoms with Gasteiger partial charge in [0.1, 0.15) is 5.75 Å². The van der Waals surface area contributed by atoms with Crippen LogP contribution in [-0.2, 0) is 4.84 Å². The molecule has 0 N–H and O–H groups in total. The predicted octanol–water partition coefficient (Wildman–Crippen LogP) is 1.68. The highest BCUT2D eigenvalue weighted by molar-refractivity contribution is 5.79. The molecule has 3 nitrogen and oxygen atoms in total. The van der Waals surface area contributed by atoms with Crippen molar-refractivity contribution in [2.75, 3.05) is 13.7 Å². The normalized spacial score (nSPS) is 9.71. The summed E-state index contributed by atoms with van der Waals surface area (Å²) in [4.78, 5) is 4.75. The van der Waals surface area contributed by atoms with Gasteiger partial charge in [0.15, 0.2) is 6.61 Å². The lowest BCUT2D eigenvalue weighted by Gasteiger charge is -1.98. The highest BCUT2D eigenvalue weighted by Gasteiger charge is 1.90. The van der Waals surface area contributed by atoms with Crippen molar-refractivity contribution in [3.8, 4) is 18.1 Å². The van der Waals surface area contributed by atoms with Gasteiger partial charge < -0.3 is 9.57 Å². The molecular formula is C11H11NO2. The summed E-state index contributed by atoms with van der Waals surface area (Å²) in [7, 11) is 1.62. The number of methoxy groups -OCH3 is 1. The van der Waals surface area contributed by atoms with Gasteiger partial charge in [-0.3, -0.25) is 0 Å². The highest BCUT2D eigenvalue weighted by atomic mass is 16.6. The van der Waals surface area contributed by atoms with Gasteiger partial charge in [-0.2, -0.15) is 0 Å². The van der Waals surface area contributed by atoms with Crippen molar-refractivity contribution in [2.45, 2.75) is 0 Å². The van der Waals surface area contributed by atoms with Crippen LogP contribution in [0.3, 0.4) is 0 Å². The van der Waals surface area contributed by atoms with E-state index in [2.05, 4.69) is 11.1 Å². The Morgan fingerprint density at radius 3 is 2.71 bits per heavy atom. The van der Waals surface area contributed by atoms with Gasteiger partial charge in [0, 0.05) is 0 Å². The van der Waals surface area contributed by atoms with Crippen molar-refractivity contribution in [1.29, 1.82) is 0 Å². The van der Waals surface area contributed by atoms with E-state index in [0.29, 0.717) is 0 Å². The fourth-order valence-electron chi connectivity index (χ4n) is 0.863. The third-order valence-electron chi connectivity index (χ3n) is 1.54. The fourth-order valence-corrected chi connectivity index (χ4v) is 0.863. The van der Waals surface area contributed by atoms with Gasteiger partial charge in [-0.25, -0.2) is 0 Å². The predicted molar refractivity (Wildman–Crippen MR) is 55.4 cm³/mol. The SMILES string of the molecule is C#CCON=Cc1ccc(OC)cc1. The minimum atomic E-state index is 0.187. The van der Waals surface area contributed by atoms with Gasteiger partial charge in [0.25, 0.3) is 0 Å². The quantitative estimate of drug-likeness (QED) is 0.312. The van der Waals surface area contributed by atoms with Gasteiger partial charge >= 0.3 is 0 Å². The molecule has 72 valence electrons. The molecule has 0 bridgehead atoms. The van der Waals surface area contributed by atoms with Crippen molar-refractivity contribution < 1.29 is 9.57 Å². The van der Waals surface area contributed by atoms with Crippen LogP contribution in [0.1, 0.15) is 5.56 Å². The zero-order valence-electron chi connectivity index (χ0n) is 7.93. The zero-order valence-corrected chi connectivity index (χ0v) is 7.93. The Labute approximate surface area is 83.3 Å².